The summed E-state index contributed by atoms with van der Waals surface area (Å²) in [5.41, 5.74) is 10.6. The van der Waals surface area contributed by atoms with Gasteiger partial charge in [0.25, 0.3) is 5.91 Å². The number of para-hydroxylation sites is 2. The smallest absolute Gasteiger partial charge is 0.342 e. The summed E-state index contributed by atoms with van der Waals surface area (Å²) in [5, 5.41) is 24.1. The lowest BCUT2D eigenvalue weighted by atomic mass is 9.81. The number of hydrogen-bond donors (Lipinski definition) is 4. The Kier molecular flexibility index (Phi) is 17.2. The molecule has 0 radical (unpaired) electrons. The van der Waals surface area contributed by atoms with Crippen LogP contribution >= 0.6 is 0 Å². The minimum Gasteiger partial charge on any atom is -0.508 e. The second-order valence-corrected chi connectivity index (χ2v) is 19.7. The van der Waals surface area contributed by atoms with E-state index in [2.05, 4.69) is 122 Å². The molecule has 13 heteroatoms. The van der Waals surface area contributed by atoms with Crippen LogP contribution in [0, 0.1) is 0 Å². The van der Waals surface area contributed by atoms with E-state index in [9.17, 15) is 24.6 Å². The predicted octanol–water partition coefficient (Wildman–Crippen LogP) is 9.43. The molecule has 3 aromatic rings. The summed E-state index contributed by atoms with van der Waals surface area (Å²) in [6, 6.07) is 19.7. The summed E-state index contributed by atoms with van der Waals surface area (Å²) in [6.07, 6.45) is 21.4. The summed E-state index contributed by atoms with van der Waals surface area (Å²) >= 11 is 0. The molecule has 0 saturated carbocycles. The van der Waals surface area contributed by atoms with E-state index < -0.39 is 17.8 Å². The fraction of sp³-hybridized carbons (Fsp3) is 0.439. The normalized spacial score (nSPS) is 21.7. The van der Waals surface area contributed by atoms with Gasteiger partial charge in [-0.2, -0.15) is 4.58 Å². The van der Waals surface area contributed by atoms with Crippen LogP contribution in [0.5, 0.6) is 11.5 Å². The summed E-state index contributed by atoms with van der Waals surface area (Å²) in [4.78, 5) is 49.0. The highest BCUT2D eigenvalue weighted by atomic mass is 16.6. The highest BCUT2D eigenvalue weighted by Crippen LogP contribution is 2.48. The zero-order valence-corrected chi connectivity index (χ0v) is 41.8. The number of ether oxygens (including phenoxy) is 2. The van der Waals surface area contributed by atoms with Crippen LogP contribution in [-0.4, -0.2) is 102 Å². The molecule has 13 nitrogen and oxygen atoms in total. The number of fused-ring (bicyclic) bond motifs is 3. The number of likely N-dealkylation sites (tertiary alicyclic amines) is 1. The first-order chi connectivity index (χ1) is 33.6. The molecular formula is C57H72N5O8+. The van der Waals surface area contributed by atoms with Gasteiger partial charge in [-0.1, -0.05) is 74.5 Å². The Labute approximate surface area is 413 Å². The number of nitrogens with zero attached hydrogens (tertiary/aromatic N) is 3. The third-order valence-electron chi connectivity index (χ3n) is 13.8. The number of carbonyl (C=O) groups excluding carboxylic acids is 3. The molecule has 2 atom stereocenters. The van der Waals surface area contributed by atoms with E-state index >= 15 is 0 Å². The van der Waals surface area contributed by atoms with Gasteiger partial charge >= 0.3 is 5.97 Å². The summed E-state index contributed by atoms with van der Waals surface area (Å²) in [6.45, 7) is 13.8. The Bertz CT molecular complexity index is 2560. The fourth-order valence-electron chi connectivity index (χ4n) is 10.0. The Balaban J connectivity index is 0.909. The van der Waals surface area contributed by atoms with Crippen LogP contribution in [-0.2, 0) is 34.7 Å². The van der Waals surface area contributed by atoms with Gasteiger partial charge in [-0.3, -0.25) is 19.9 Å². The molecule has 0 aliphatic carbocycles. The van der Waals surface area contributed by atoms with Gasteiger partial charge in [-0.25, -0.2) is 4.79 Å². The Morgan fingerprint density at radius 1 is 0.929 bits per heavy atom. The van der Waals surface area contributed by atoms with Crippen molar-refractivity contribution < 1.29 is 43.5 Å². The number of rotatable bonds is 16. The molecule has 70 heavy (non-hydrogen) atoms. The topological polar surface area (TPSA) is 153 Å². The lowest BCUT2D eigenvalue weighted by molar-refractivity contribution is -0.401. The number of esters is 1. The molecule has 4 heterocycles. The van der Waals surface area contributed by atoms with Crippen molar-refractivity contribution in [3.63, 3.8) is 0 Å². The molecule has 3 aromatic carbocycles. The number of anilines is 1. The average molecular weight is 955 g/mol. The predicted molar refractivity (Wildman–Crippen MR) is 275 cm³/mol. The van der Waals surface area contributed by atoms with Crippen LogP contribution in [0.2, 0.25) is 0 Å². The van der Waals surface area contributed by atoms with Gasteiger partial charge in [-0.05, 0) is 107 Å². The maximum Gasteiger partial charge on any atom is 0.342 e. The van der Waals surface area contributed by atoms with E-state index in [0.29, 0.717) is 57.6 Å². The van der Waals surface area contributed by atoms with Gasteiger partial charge in [0.15, 0.2) is 12.3 Å². The molecule has 0 unspecified atom stereocenters. The maximum atomic E-state index is 13.3. The van der Waals surface area contributed by atoms with Crippen LogP contribution in [0.15, 0.2) is 115 Å². The first-order valence-electron chi connectivity index (χ1n) is 25.0. The zero-order valence-electron chi connectivity index (χ0n) is 41.8. The van der Waals surface area contributed by atoms with Gasteiger partial charge < -0.3 is 34.8 Å². The first-order valence-corrected chi connectivity index (χ1v) is 25.0. The number of piperidine rings is 1. The average Bonchev–Trinajstić information content (AvgIpc) is 3.66. The highest BCUT2D eigenvalue weighted by Gasteiger charge is 2.43. The number of allylic oxidation sites excluding steroid dienone is 5. The van der Waals surface area contributed by atoms with Crippen molar-refractivity contribution in [2.45, 2.75) is 115 Å². The summed E-state index contributed by atoms with van der Waals surface area (Å²) in [5.74, 6) is -1.54. The SMILES string of the molecule is C[C@@H]1CC=C[C@@H](OCCCNC(=O)CCCCN2C(=CC=CC3=[N+](C)c4ccccc4C3(C)C)C(C)(C)c3ccccc32)C/C=C/C(NOCC(=O)N2CCCCC2)=C/c2cc(O)cc(O)c2C(=O)O1. The van der Waals surface area contributed by atoms with Crippen molar-refractivity contribution in [2.24, 2.45) is 0 Å². The third-order valence-corrected chi connectivity index (χ3v) is 13.8. The molecule has 2 amide bonds. The Morgan fingerprint density at radius 2 is 1.69 bits per heavy atom. The number of hydroxylamine groups is 1. The van der Waals surface area contributed by atoms with E-state index in [1.807, 2.05) is 18.2 Å². The molecule has 4 aliphatic rings. The van der Waals surface area contributed by atoms with Gasteiger partial charge in [0, 0.05) is 86.2 Å². The highest BCUT2D eigenvalue weighted by molar-refractivity contribution is 6.03. The standard InChI is InChI=1S/C57H71N5O8/c1-40-20-16-22-44(23-17-21-42(59-69-39-53(66)61-32-13-7-14-33-61)36-41-37-43(63)38-49(64)54(41)55(67)70-40)68-35-19-31-58-52(65)30-12-15-34-62-48-27-11-9-25-46(48)57(4,5)51(62)29-18-28-50-56(2,3)45-24-8-10-26-47(45)60(50)6/h8-11,16-18,21-22,24-29,36-38,40,44H,7,12-15,19-20,23,30-35,39H2,1-6H3,(H3-,58,59,63,64,65,67)/p+1/b21-17+,22-16?/t40-,44-/m1/s1. The summed E-state index contributed by atoms with van der Waals surface area (Å²) < 4.78 is 14.3. The number of unbranched alkanes of at least 4 members (excludes halogenated alkanes) is 1. The number of hydrogen-bond acceptors (Lipinski definition) is 10. The zero-order chi connectivity index (χ0) is 49.8. The van der Waals surface area contributed by atoms with Gasteiger partial charge in [0.05, 0.1) is 17.2 Å². The van der Waals surface area contributed by atoms with E-state index in [0.717, 1.165) is 44.7 Å². The van der Waals surface area contributed by atoms with Crippen molar-refractivity contribution in [1.29, 1.82) is 0 Å². The van der Waals surface area contributed by atoms with Gasteiger partial charge in [0.2, 0.25) is 11.6 Å². The number of aromatic hydroxyl groups is 2. The number of nitrogens with one attached hydrogen (secondary N) is 2. The second kappa shape index (κ2) is 23.4. The van der Waals surface area contributed by atoms with Crippen LogP contribution in [0.25, 0.3) is 6.08 Å². The van der Waals surface area contributed by atoms with Gasteiger partial charge in [-0.15, -0.1) is 0 Å². The lowest BCUT2D eigenvalue weighted by Crippen LogP contribution is -2.39. The largest absolute Gasteiger partial charge is 0.508 e. The molecule has 7 rings (SSSR count). The van der Waals surface area contributed by atoms with Crippen molar-refractivity contribution in [1.82, 2.24) is 15.7 Å². The second-order valence-electron chi connectivity index (χ2n) is 19.7. The van der Waals surface area contributed by atoms with E-state index in [1.54, 1.807) is 17.9 Å². The number of cyclic esters (lactones) is 1. The number of amides is 2. The van der Waals surface area contributed by atoms with Crippen molar-refractivity contribution in [3.05, 3.63) is 137 Å². The molecule has 1 saturated heterocycles. The molecule has 0 spiro atoms. The Hall–Kier alpha value is -6.44. The molecule has 0 aromatic heterocycles. The third kappa shape index (κ3) is 12.5. The Morgan fingerprint density at radius 3 is 2.47 bits per heavy atom. The maximum absolute atomic E-state index is 13.3. The van der Waals surface area contributed by atoms with Crippen LogP contribution < -0.4 is 15.7 Å². The number of carbonyl (C=O) groups is 3. The number of benzene rings is 3. The van der Waals surface area contributed by atoms with E-state index in [-0.39, 0.29) is 52.2 Å². The molecule has 4 N–H and O–H groups in total. The van der Waals surface area contributed by atoms with Crippen LogP contribution in [0.1, 0.15) is 119 Å². The molecule has 1 fully saturated rings. The van der Waals surface area contributed by atoms with Crippen LogP contribution in [0.4, 0.5) is 11.4 Å². The molecule has 0 bridgehead atoms. The monoisotopic (exact) mass is 955 g/mol. The number of phenolic OH excluding ortho intramolecular Hbond substituents is 2. The molecule has 4 aliphatic heterocycles. The molecule has 372 valence electrons. The van der Waals surface area contributed by atoms with Crippen molar-refractivity contribution in [2.75, 3.05) is 51.3 Å². The summed E-state index contributed by atoms with van der Waals surface area (Å²) in [7, 11) is 2.15. The first kappa shape index (κ1) is 51.4. The number of phenols is 2. The molecular weight excluding hydrogens is 883 g/mol. The minimum atomic E-state index is -0.754. The fourth-order valence-corrected chi connectivity index (χ4v) is 10.0. The van der Waals surface area contributed by atoms with Crippen LogP contribution in [0.3, 0.4) is 0 Å². The quantitative estimate of drug-likeness (QED) is 0.0359. The minimum absolute atomic E-state index is 0.0152. The van der Waals surface area contributed by atoms with E-state index in [4.69, 9.17) is 14.3 Å². The lowest BCUT2D eigenvalue weighted by Gasteiger charge is -2.27. The van der Waals surface area contributed by atoms with Crippen molar-refractivity contribution in [3.8, 4) is 11.5 Å². The van der Waals surface area contributed by atoms with Crippen molar-refractivity contribution >= 4 is 40.9 Å². The van der Waals surface area contributed by atoms with Gasteiger partial charge in [0.1, 0.15) is 30.2 Å². The van der Waals surface area contributed by atoms with E-state index in [1.165, 1.54) is 46.1 Å².